The smallest absolute Gasteiger partial charge is 0.0771 e. The molecule has 0 unspecified atom stereocenters. The van der Waals surface area contributed by atoms with Gasteiger partial charge in [0, 0.05) is 0 Å². The van der Waals surface area contributed by atoms with Gasteiger partial charge in [-0.1, -0.05) is 42.5 Å². The van der Waals surface area contributed by atoms with Crippen molar-refractivity contribution < 1.29 is 20.0 Å². The van der Waals surface area contributed by atoms with Gasteiger partial charge in [-0.25, -0.2) is 0 Å². The van der Waals surface area contributed by atoms with Gasteiger partial charge in [0.2, 0.25) is 0 Å². The minimum Gasteiger partial charge on any atom is -0.168 e. The third kappa shape index (κ3) is 4.23. The molecule has 0 heterocycles. The van der Waals surface area contributed by atoms with Crippen LogP contribution in [0, 0.1) is 0 Å². The summed E-state index contributed by atoms with van der Waals surface area (Å²) in [6, 6.07) is 33.9. The van der Waals surface area contributed by atoms with Crippen molar-refractivity contribution in [1.29, 1.82) is 0 Å². The molecule has 0 saturated carbocycles. The Hall–Kier alpha value is -2.28. The number of hydrogen-bond donors (Lipinski definition) is 0. The Morgan fingerprint density at radius 1 is 0.680 bits per heavy atom. The molecule has 5 aromatic carbocycles. The van der Waals surface area contributed by atoms with Gasteiger partial charge in [-0.2, -0.15) is 17.5 Å². The zero-order valence-corrected chi connectivity index (χ0v) is 15.9. The van der Waals surface area contributed by atoms with Gasteiger partial charge in [0.05, 0.1) is 0 Å². The van der Waals surface area contributed by atoms with Gasteiger partial charge < -0.3 is 0 Å². The van der Waals surface area contributed by atoms with E-state index in [0.717, 1.165) is 0 Å². The third-order valence-electron chi connectivity index (χ3n) is 4.07. The van der Waals surface area contributed by atoms with E-state index in [-0.39, 0.29) is 0 Å². The van der Waals surface area contributed by atoms with Crippen LogP contribution < -0.4 is 0 Å². The molecule has 0 aliphatic carbocycles. The topological polar surface area (TPSA) is 0 Å². The standard InChI is InChI=1S/C13H9.C9H7.C2H4.Ti/c1-3-7-12-10(5-1)9-11-6-2-4-8-13(11)12;1-2-5-9-7-3-6-8(9)4-1;1-2;/h1-9H;1-7H;1H,2H3;/q2*-1;;+2. The van der Waals surface area contributed by atoms with E-state index in [4.69, 9.17) is 0 Å². The molecular weight excluding hydrogens is 336 g/mol. The summed E-state index contributed by atoms with van der Waals surface area (Å²) in [5, 5.41) is 8.05. The number of fused-ring (bicyclic) bond motifs is 4. The molecule has 0 nitrogen and oxygen atoms in total. The summed E-state index contributed by atoms with van der Waals surface area (Å²) in [6.07, 6.45) is 0. The molecular formula is C24H20Ti. The van der Waals surface area contributed by atoms with E-state index in [1.807, 2.05) is 31.2 Å². The average molecular weight is 356 g/mol. The molecule has 0 bridgehead atoms. The molecule has 120 valence electrons. The molecule has 0 saturated heterocycles. The molecule has 0 aliphatic heterocycles. The van der Waals surface area contributed by atoms with Crippen molar-refractivity contribution >= 4 is 36.6 Å². The maximum absolute atomic E-state index is 2.24. The van der Waals surface area contributed by atoms with Crippen LogP contribution in [0.25, 0.3) is 32.3 Å². The first-order chi connectivity index (χ1) is 12.3. The van der Waals surface area contributed by atoms with Crippen molar-refractivity contribution in [2.45, 2.75) is 6.92 Å². The van der Waals surface area contributed by atoms with Gasteiger partial charge in [-0.3, -0.25) is 0 Å². The quantitative estimate of drug-likeness (QED) is 0.216. The van der Waals surface area contributed by atoms with Gasteiger partial charge in [-0.15, -0.1) is 69.4 Å². The monoisotopic (exact) mass is 356 g/mol. The van der Waals surface area contributed by atoms with Crippen molar-refractivity contribution in [1.82, 2.24) is 0 Å². The van der Waals surface area contributed by atoms with E-state index in [2.05, 4.69) is 97.1 Å². The minimum absolute atomic E-state index is 1.33. The summed E-state index contributed by atoms with van der Waals surface area (Å²) < 4.78 is 2.00. The van der Waals surface area contributed by atoms with E-state index in [1.165, 1.54) is 32.3 Å². The van der Waals surface area contributed by atoms with Gasteiger partial charge in [0.1, 0.15) is 0 Å². The number of rotatable bonds is 0. The fourth-order valence-electron chi connectivity index (χ4n) is 2.97. The molecule has 0 N–H and O–H groups in total. The summed E-state index contributed by atoms with van der Waals surface area (Å²) >= 11 is 2.00. The van der Waals surface area contributed by atoms with Crippen LogP contribution in [0.15, 0.2) is 97.1 Å². The van der Waals surface area contributed by atoms with Crippen LogP contribution in [0.4, 0.5) is 0 Å². The second-order valence-corrected chi connectivity index (χ2v) is 6.66. The van der Waals surface area contributed by atoms with E-state index < -0.39 is 0 Å². The maximum Gasteiger partial charge on any atom is -0.0771 e. The molecule has 0 aromatic heterocycles. The molecule has 5 rings (SSSR count). The van der Waals surface area contributed by atoms with E-state index in [0.29, 0.717) is 0 Å². The third-order valence-corrected chi connectivity index (χ3v) is 4.07. The normalized spacial score (nSPS) is 10.0. The maximum atomic E-state index is 2.24. The Bertz CT molecular complexity index is 998. The van der Waals surface area contributed by atoms with Crippen molar-refractivity contribution in [2.75, 3.05) is 0 Å². The van der Waals surface area contributed by atoms with Gasteiger partial charge in [0.15, 0.2) is 0 Å². The first kappa shape index (κ1) is 17.5. The molecule has 25 heavy (non-hydrogen) atoms. The van der Waals surface area contributed by atoms with Crippen molar-refractivity contribution in [3.05, 3.63) is 97.1 Å². The second kappa shape index (κ2) is 8.71. The fourth-order valence-corrected chi connectivity index (χ4v) is 2.97. The largest absolute Gasteiger partial charge is 0.168 e. The van der Waals surface area contributed by atoms with Crippen molar-refractivity contribution in [3.8, 4) is 0 Å². The van der Waals surface area contributed by atoms with Crippen molar-refractivity contribution in [2.24, 2.45) is 0 Å². The second-order valence-electron chi connectivity index (χ2n) is 5.76. The van der Waals surface area contributed by atoms with Crippen LogP contribution in [0.2, 0.25) is 0 Å². The summed E-state index contributed by atoms with van der Waals surface area (Å²) in [5.41, 5.74) is 0. The summed E-state index contributed by atoms with van der Waals surface area (Å²) in [7, 11) is 0. The van der Waals surface area contributed by atoms with Gasteiger partial charge >= 0.3 is 31.2 Å². The fraction of sp³-hybridized carbons (Fsp3) is 0.0417. The minimum atomic E-state index is 1.33. The predicted molar refractivity (Wildman–Crippen MR) is 108 cm³/mol. The Morgan fingerprint density at radius 3 is 1.72 bits per heavy atom. The van der Waals surface area contributed by atoms with Crippen LogP contribution in [0.5, 0.6) is 0 Å². The van der Waals surface area contributed by atoms with Crippen LogP contribution in [0.1, 0.15) is 6.92 Å². The summed E-state index contributed by atoms with van der Waals surface area (Å²) in [6.45, 7) is 2.00. The zero-order chi connectivity index (χ0) is 17.5. The molecule has 0 aliphatic rings. The molecule has 0 amide bonds. The van der Waals surface area contributed by atoms with Crippen LogP contribution in [-0.4, -0.2) is 4.31 Å². The Morgan fingerprint density at radius 2 is 1.16 bits per heavy atom. The first-order valence-electron chi connectivity index (χ1n) is 8.42. The Labute approximate surface area is 160 Å². The molecule has 0 radical (unpaired) electrons. The Balaban J connectivity index is 0.000000133. The zero-order valence-electron chi connectivity index (χ0n) is 14.3. The average Bonchev–Trinajstić information content (AvgIpc) is 3.27. The van der Waals surface area contributed by atoms with E-state index in [1.54, 1.807) is 0 Å². The van der Waals surface area contributed by atoms with Gasteiger partial charge in [0.25, 0.3) is 0 Å². The molecule has 0 spiro atoms. The van der Waals surface area contributed by atoms with Crippen LogP contribution in [-0.2, 0) is 20.0 Å². The molecule has 0 fully saturated rings. The Kier molecular flexibility index (Phi) is 6.11. The van der Waals surface area contributed by atoms with Gasteiger partial charge in [-0.05, 0) is 0 Å². The summed E-state index contributed by atoms with van der Waals surface area (Å²) in [5.74, 6) is 0. The van der Waals surface area contributed by atoms with E-state index in [9.17, 15) is 0 Å². The van der Waals surface area contributed by atoms with E-state index >= 15 is 0 Å². The predicted octanol–water partition coefficient (Wildman–Crippen LogP) is 6.63. The summed E-state index contributed by atoms with van der Waals surface area (Å²) in [4.78, 5) is 0. The number of benzene rings is 3. The van der Waals surface area contributed by atoms with Crippen molar-refractivity contribution in [3.63, 3.8) is 0 Å². The first-order valence-corrected chi connectivity index (χ1v) is 9.32. The molecule has 0 atom stereocenters. The molecule has 1 heteroatoms. The van der Waals surface area contributed by atoms with Crippen LogP contribution in [0.3, 0.4) is 0 Å². The number of hydrogen-bond acceptors (Lipinski definition) is 0. The molecule has 5 aromatic rings. The van der Waals surface area contributed by atoms with Crippen LogP contribution >= 0.6 is 0 Å². The SMILES string of the molecule is C[CH]=[Ti+2].c1ccc2[cH-]ccc2c1.c1ccc2c(c1)[cH-]c1ccccc12.